The Bertz CT molecular complexity index is 609. The molecule has 2 aromatic rings. The van der Waals surface area contributed by atoms with E-state index in [1.807, 2.05) is 0 Å². The van der Waals surface area contributed by atoms with E-state index in [9.17, 15) is 18.0 Å². The average molecular weight is 252 g/mol. The number of hydrogen-bond donors (Lipinski definition) is 1. The van der Waals surface area contributed by atoms with Crippen LogP contribution < -0.4 is 0 Å². The Labute approximate surface area is 100 Å². The molecule has 0 unspecified atom stereocenters. The van der Waals surface area contributed by atoms with Crippen molar-refractivity contribution in [2.24, 2.45) is 0 Å². The molecule has 1 N–H and O–H groups in total. The van der Waals surface area contributed by atoms with E-state index >= 15 is 0 Å². The molecule has 5 heteroatoms. The Morgan fingerprint density at radius 3 is 2.17 bits per heavy atom. The zero-order chi connectivity index (χ0) is 13.3. The van der Waals surface area contributed by atoms with Crippen molar-refractivity contribution < 1.29 is 23.1 Å². The summed E-state index contributed by atoms with van der Waals surface area (Å²) in [4.78, 5) is 11.0. The van der Waals surface area contributed by atoms with Crippen LogP contribution in [-0.2, 0) is 0 Å². The summed E-state index contributed by atoms with van der Waals surface area (Å²) in [5.41, 5.74) is -0.897. The van der Waals surface area contributed by atoms with Crippen LogP contribution in [0, 0.1) is 17.5 Å². The first kappa shape index (κ1) is 12.2. The van der Waals surface area contributed by atoms with Gasteiger partial charge in [0.1, 0.15) is 0 Å². The number of aromatic carboxylic acids is 1. The lowest BCUT2D eigenvalue weighted by atomic mass is 9.98. The molecule has 0 aliphatic heterocycles. The van der Waals surface area contributed by atoms with E-state index in [4.69, 9.17) is 5.11 Å². The Kier molecular flexibility index (Phi) is 3.06. The fourth-order valence-electron chi connectivity index (χ4n) is 1.65. The molecule has 0 atom stereocenters. The molecular formula is C13H7F3O2. The lowest BCUT2D eigenvalue weighted by Gasteiger charge is -2.09. The molecule has 18 heavy (non-hydrogen) atoms. The zero-order valence-electron chi connectivity index (χ0n) is 8.95. The first-order valence-corrected chi connectivity index (χ1v) is 4.98. The minimum atomic E-state index is -1.68. The molecule has 0 saturated heterocycles. The first-order valence-electron chi connectivity index (χ1n) is 4.98. The largest absolute Gasteiger partial charge is 0.478 e. The summed E-state index contributed by atoms with van der Waals surface area (Å²) in [6.07, 6.45) is 0. The van der Waals surface area contributed by atoms with Gasteiger partial charge in [0, 0.05) is 5.56 Å². The molecular weight excluding hydrogens is 245 g/mol. The van der Waals surface area contributed by atoms with Crippen molar-refractivity contribution in [2.75, 3.05) is 0 Å². The number of halogens is 3. The predicted molar refractivity (Wildman–Crippen MR) is 58.7 cm³/mol. The second kappa shape index (κ2) is 4.52. The van der Waals surface area contributed by atoms with Crippen molar-refractivity contribution >= 4 is 5.97 Å². The molecule has 2 rings (SSSR count). The fraction of sp³-hybridized carbons (Fsp3) is 0. The van der Waals surface area contributed by atoms with Crippen molar-refractivity contribution in [3.05, 3.63) is 59.4 Å². The minimum absolute atomic E-state index is 0.173. The second-order valence-corrected chi connectivity index (χ2v) is 3.58. The molecule has 0 radical (unpaired) electrons. The van der Waals surface area contributed by atoms with Crippen LogP contribution in [0.1, 0.15) is 10.4 Å². The highest BCUT2D eigenvalue weighted by Crippen LogP contribution is 2.30. The predicted octanol–water partition coefficient (Wildman–Crippen LogP) is 3.47. The van der Waals surface area contributed by atoms with Gasteiger partial charge in [-0.05, 0) is 11.6 Å². The van der Waals surface area contributed by atoms with Crippen LogP contribution in [0.5, 0.6) is 0 Å². The molecule has 2 nitrogen and oxygen atoms in total. The van der Waals surface area contributed by atoms with E-state index in [0.717, 1.165) is 0 Å². The zero-order valence-corrected chi connectivity index (χ0v) is 8.95. The van der Waals surface area contributed by atoms with Gasteiger partial charge in [-0.2, -0.15) is 0 Å². The summed E-state index contributed by atoms with van der Waals surface area (Å²) in [7, 11) is 0. The fourth-order valence-corrected chi connectivity index (χ4v) is 1.65. The molecule has 0 fully saturated rings. The molecule has 0 aliphatic rings. The summed E-state index contributed by atoms with van der Waals surface area (Å²) in [6, 6.07) is 8.04. The number of rotatable bonds is 2. The topological polar surface area (TPSA) is 37.3 Å². The molecule has 92 valence electrons. The maximum absolute atomic E-state index is 13.7. The van der Waals surface area contributed by atoms with E-state index < -0.39 is 34.5 Å². The number of hydrogen-bond acceptors (Lipinski definition) is 1. The summed E-state index contributed by atoms with van der Waals surface area (Å²) in [5.74, 6) is -6.23. The monoisotopic (exact) mass is 252 g/mol. The molecule has 2 aromatic carbocycles. The van der Waals surface area contributed by atoms with Crippen molar-refractivity contribution in [2.45, 2.75) is 0 Å². The SMILES string of the molecule is O=C(O)c1cc(F)c(F)c(F)c1-c1ccccc1. The number of carboxylic acids is 1. The van der Waals surface area contributed by atoms with Gasteiger partial charge in [0.25, 0.3) is 0 Å². The van der Waals surface area contributed by atoms with Gasteiger partial charge in [-0.3, -0.25) is 0 Å². The first-order chi connectivity index (χ1) is 8.52. The number of carboxylic acid groups (broad SMARTS) is 1. The average Bonchev–Trinajstić information content (AvgIpc) is 2.36. The Morgan fingerprint density at radius 2 is 1.61 bits per heavy atom. The van der Waals surface area contributed by atoms with Gasteiger partial charge in [0.2, 0.25) is 0 Å². The number of benzene rings is 2. The van der Waals surface area contributed by atoms with Crippen LogP contribution in [0.15, 0.2) is 36.4 Å². The van der Waals surface area contributed by atoms with E-state index in [1.165, 1.54) is 12.1 Å². The lowest BCUT2D eigenvalue weighted by Crippen LogP contribution is -2.06. The quantitative estimate of drug-likeness (QED) is 0.831. The van der Waals surface area contributed by atoms with E-state index in [1.54, 1.807) is 18.2 Å². The standard InChI is InChI=1S/C13H7F3O2/c14-9-6-8(13(17)18)10(12(16)11(9)15)7-4-2-1-3-5-7/h1-6H,(H,17,18). The van der Waals surface area contributed by atoms with Crippen LogP contribution in [-0.4, -0.2) is 11.1 Å². The Balaban J connectivity index is 2.80. The lowest BCUT2D eigenvalue weighted by molar-refractivity contribution is 0.0696. The molecule has 0 saturated carbocycles. The molecule has 0 spiro atoms. The molecule has 0 aromatic heterocycles. The molecule has 0 heterocycles. The third-order valence-corrected chi connectivity index (χ3v) is 2.46. The van der Waals surface area contributed by atoms with Gasteiger partial charge in [0.05, 0.1) is 5.56 Å². The maximum atomic E-state index is 13.7. The van der Waals surface area contributed by atoms with Gasteiger partial charge < -0.3 is 5.11 Å². The van der Waals surface area contributed by atoms with Gasteiger partial charge >= 0.3 is 5.97 Å². The maximum Gasteiger partial charge on any atom is 0.336 e. The van der Waals surface area contributed by atoms with Gasteiger partial charge in [-0.15, -0.1) is 0 Å². The molecule has 0 aliphatic carbocycles. The van der Waals surface area contributed by atoms with Crippen molar-refractivity contribution in [3.63, 3.8) is 0 Å². The van der Waals surface area contributed by atoms with Crippen molar-refractivity contribution in [3.8, 4) is 11.1 Å². The smallest absolute Gasteiger partial charge is 0.336 e. The van der Waals surface area contributed by atoms with Gasteiger partial charge in [-0.1, -0.05) is 30.3 Å². The van der Waals surface area contributed by atoms with Gasteiger partial charge in [0.15, 0.2) is 17.5 Å². The molecule has 0 amide bonds. The third-order valence-electron chi connectivity index (χ3n) is 2.46. The van der Waals surface area contributed by atoms with Crippen LogP contribution in [0.4, 0.5) is 13.2 Å². The summed E-state index contributed by atoms with van der Waals surface area (Å²) < 4.78 is 39.9. The highest BCUT2D eigenvalue weighted by Gasteiger charge is 2.23. The Hall–Kier alpha value is -2.30. The Morgan fingerprint density at radius 1 is 1.00 bits per heavy atom. The van der Waals surface area contributed by atoms with E-state index in [-0.39, 0.29) is 5.56 Å². The van der Waals surface area contributed by atoms with Crippen LogP contribution in [0.25, 0.3) is 11.1 Å². The summed E-state index contributed by atoms with van der Waals surface area (Å²) in [6.45, 7) is 0. The van der Waals surface area contributed by atoms with Crippen molar-refractivity contribution in [1.29, 1.82) is 0 Å². The summed E-state index contributed by atoms with van der Waals surface area (Å²) >= 11 is 0. The highest BCUT2D eigenvalue weighted by molar-refractivity contribution is 5.96. The third kappa shape index (κ3) is 1.95. The van der Waals surface area contributed by atoms with Crippen LogP contribution in [0.2, 0.25) is 0 Å². The van der Waals surface area contributed by atoms with Crippen molar-refractivity contribution in [1.82, 2.24) is 0 Å². The van der Waals surface area contributed by atoms with E-state index in [2.05, 4.69) is 0 Å². The second-order valence-electron chi connectivity index (χ2n) is 3.58. The van der Waals surface area contributed by atoms with Gasteiger partial charge in [-0.25, -0.2) is 18.0 Å². The normalized spacial score (nSPS) is 10.4. The van der Waals surface area contributed by atoms with Crippen LogP contribution in [0.3, 0.4) is 0 Å². The van der Waals surface area contributed by atoms with Crippen LogP contribution >= 0.6 is 0 Å². The molecule has 0 bridgehead atoms. The minimum Gasteiger partial charge on any atom is -0.478 e. The summed E-state index contributed by atoms with van der Waals surface area (Å²) in [5, 5.41) is 8.91. The highest BCUT2D eigenvalue weighted by atomic mass is 19.2. The van der Waals surface area contributed by atoms with E-state index in [0.29, 0.717) is 6.07 Å². The number of carbonyl (C=O) groups is 1.